The fraction of sp³-hybridized carbons (Fsp3) is 0.0909. The van der Waals surface area contributed by atoms with Crippen LogP contribution in [0.3, 0.4) is 0 Å². The number of aryl methyl sites for hydroxylation is 1. The molecule has 29 heavy (non-hydrogen) atoms. The van der Waals surface area contributed by atoms with Gasteiger partial charge in [0.2, 0.25) is 12.7 Å². The minimum atomic E-state index is 0.0488. The van der Waals surface area contributed by atoms with Crippen LogP contribution in [0.1, 0.15) is 11.1 Å². The first-order valence-electron chi connectivity index (χ1n) is 8.90. The Labute approximate surface area is 174 Å². The molecule has 7 heteroatoms. The van der Waals surface area contributed by atoms with Crippen LogP contribution in [0.15, 0.2) is 62.4 Å². The van der Waals surface area contributed by atoms with Gasteiger partial charge in [0, 0.05) is 22.3 Å². The third-order valence-electron chi connectivity index (χ3n) is 4.60. The molecule has 0 saturated carbocycles. The van der Waals surface area contributed by atoms with Crippen LogP contribution in [0.4, 0.5) is 5.69 Å². The Kier molecular flexibility index (Phi) is 4.24. The molecule has 0 fully saturated rings. The molecule has 1 aliphatic heterocycles. The fourth-order valence-corrected chi connectivity index (χ4v) is 3.53. The van der Waals surface area contributed by atoms with Crippen LogP contribution in [0, 0.1) is 6.92 Å². The van der Waals surface area contributed by atoms with Gasteiger partial charge in [0.05, 0.1) is 11.3 Å². The number of ether oxygens (including phenoxy) is 2. The number of benzene rings is 3. The van der Waals surface area contributed by atoms with Crippen molar-refractivity contribution in [1.82, 2.24) is 4.98 Å². The average molecular weight is 451 g/mol. The molecule has 0 bridgehead atoms. The van der Waals surface area contributed by atoms with E-state index in [9.17, 15) is 5.11 Å². The summed E-state index contributed by atoms with van der Waals surface area (Å²) < 4.78 is 17.4. The first kappa shape index (κ1) is 17.8. The van der Waals surface area contributed by atoms with Crippen LogP contribution in [0.5, 0.6) is 17.2 Å². The van der Waals surface area contributed by atoms with Crippen LogP contribution < -0.4 is 9.47 Å². The number of aliphatic imine (C=N–C) groups is 1. The topological polar surface area (TPSA) is 77.1 Å². The molecule has 0 unspecified atom stereocenters. The summed E-state index contributed by atoms with van der Waals surface area (Å²) >= 11 is 3.50. The number of hydrogen-bond donors (Lipinski definition) is 1. The molecule has 1 N–H and O–H groups in total. The SMILES string of the molecule is Cc1ccc2oc(-c3ccc(N=Cc4cc5c(cc4Br)OCO5)cc3O)nc2c1. The molecular formula is C22H15BrN2O4. The monoisotopic (exact) mass is 450 g/mol. The second kappa shape index (κ2) is 6.93. The zero-order valence-electron chi connectivity index (χ0n) is 15.3. The predicted molar refractivity (Wildman–Crippen MR) is 113 cm³/mol. The molecular weight excluding hydrogens is 436 g/mol. The number of rotatable bonds is 3. The molecule has 5 rings (SSSR count). The van der Waals surface area contributed by atoms with Gasteiger partial charge >= 0.3 is 0 Å². The molecule has 0 atom stereocenters. The quantitative estimate of drug-likeness (QED) is 0.402. The van der Waals surface area contributed by atoms with Crippen molar-refractivity contribution in [1.29, 1.82) is 0 Å². The minimum Gasteiger partial charge on any atom is -0.507 e. The van der Waals surface area contributed by atoms with Crippen molar-refractivity contribution >= 4 is 38.9 Å². The maximum absolute atomic E-state index is 10.5. The molecule has 3 aromatic carbocycles. The van der Waals surface area contributed by atoms with E-state index in [-0.39, 0.29) is 12.5 Å². The van der Waals surface area contributed by atoms with Gasteiger partial charge in [-0.2, -0.15) is 0 Å². The number of aromatic nitrogens is 1. The van der Waals surface area contributed by atoms with Crippen molar-refractivity contribution in [3.8, 4) is 28.7 Å². The highest BCUT2D eigenvalue weighted by Gasteiger charge is 2.16. The molecule has 1 aliphatic rings. The van der Waals surface area contributed by atoms with E-state index in [0.717, 1.165) is 21.1 Å². The van der Waals surface area contributed by atoms with Gasteiger partial charge in [0.15, 0.2) is 17.1 Å². The standard InChI is InChI=1S/C22H15BrN2O4/c1-12-2-5-19-17(6-12)25-22(29-19)15-4-3-14(8-18(15)26)24-10-13-7-20-21(9-16(13)23)28-11-27-20/h2-10,26H,11H2,1H3. The number of phenolic OH excluding ortho intramolecular Hbond substituents is 1. The van der Waals surface area contributed by atoms with Gasteiger partial charge < -0.3 is 19.0 Å². The van der Waals surface area contributed by atoms with Crippen LogP contribution >= 0.6 is 15.9 Å². The molecule has 0 spiro atoms. The zero-order chi connectivity index (χ0) is 20.0. The Balaban J connectivity index is 1.44. The summed E-state index contributed by atoms with van der Waals surface area (Å²) in [7, 11) is 0. The van der Waals surface area contributed by atoms with Gasteiger partial charge in [-0.1, -0.05) is 6.07 Å². The van der Waals surface area contributed by atoms with Crippen LogP contribution in [-0.4, -0.2) is 23.1 Å². The number of halogens is 1. The molecule has 0 saturated heterocycles. The summed E-state index contributed by atoms with van der Waals surface area (Å²) in [4.78, 5) is 8.93. The van der Waals surface area contributed by atoms with E-state index in [0.29, 0.717) is 34.2 Å². The van der Waals surface area contributed by atoms with Gasteiger partial charge in [-0.25, -0.2) is 4.98 Å². The summed E-state index contributed by atoms with van der Waals surface area (Å²) in [6.45, 7) is 2.21. The van der Waals surface area contributed by atoms with Gasteiger partial charge in [-0.05, 0) is 64.8 Å². The summed E-state index contributed by atoms with van der Waals surface area (Å²) in [5.41, 5.74) is 4.49. The number of fused-ring (bicyclic) bond motifs is 2. The first-order valence-corrected chi connectivity index (χ1v) is 9.70. The summed E-state index contributed by atoms with van der Waals surface area (Å²) in [5.74, 6) is 1.80. The maximum Gasteiger partial charge on any atom is 0.231 e. The van der Waals surface area contributed by atoms with E-state index in [2.05, 4.69) is 25.9 Å². The highest BCUT2D eigenvalue weighted by atomic mass is 79.9. The van der Waals surface area contributed by atoms with Crippen LogP contribution in [0.25, 0.3) is 22.6 Å². The molecule has 144 valence electrons. The smallest absolute Gasteiger partial charge is 0.231 e. The molecule has 1 aromatic heterocycles. The molecule has 0 amide bonds. The highest BCUT2D eigenvalue weighted by molar-refractivity contribution is 9.10. The minimum absolute atomic E-state index is 0.0488. The highest BCUT2D eigenvalue weighted by Crippen LogP contribution is 2.37. The number of hydrogen-bond acceptors (Lipinski definition) is 6. The second-order valence-corrected chi connectivity index (χ2v) is 7.53. The van der Waals surface area contributed by atoms with Gasteiger partial charge in [-0.3, -0.25) is 4.99 Å². The van der Waals surface area contributed by atoms with E-state index in [1.165, 1.54) is 0 Å². The van der Waals surface area contributed by atoms with E-state index >= 15 is 0 Å². The lowest BCUT2D eigenvalue weighted by Gasteiger charge is -2.03. The Morgan fingerprint density at radius 3 is 2.72 bits per heavy atom. The zero-order valence-corrected chi connectivity index (χ0v) is 16.9. The largest absolute Gasteiger partial charge is 0.507 e. The lowest BCUT2D eigenvalue weighted by Crippen LogP contribution is -1.92. The fourth-order valence-electron chi connectivity index (χ4n) is 3.11. The van der Waals surface area contributed by atoms with Crippen LogP contribution in [0.2, 0.25) is 0 Å². The third kappa shape index (κ3) is 3.34. The molecule has 0 aliphatic carbocycles. The van der Waals surface area contributed by atoms with Gasteiger partial charge in [0.25, 0.3) is 0 Å². The third-order valence-corrected chi connectivity index (χ3v) is 5.29. The van der Waals surface area contributed by atoms with Gasteiger partial charge in [0.1, 0.15) is 11.3 Å². The Hall–Kier alpha value is -3.32. The van der Waals surface area contributed by atoms with Crippen molar-refractivity contribution in [2.75, 3.05) is 6.79 Å². The van der Waals surface area contributed by atoms with Crippen molar-refractivity contribution in [3.63, 3.8) is 0 Å². The van der Waals surface area contributed by atoms with E-state index in [1.54, 1.807) is 24.4 Å². The van der Waals surface area contributed by atoms with E-state index < -0.39 is 0 Å². The van der Waals surface area contributed by atoms with E-state index in [4.69, 9.17) is 13.9 Å². The lowest BCUT2D eigenvalue weighted by atomic mass is 10.1. The van der Waals surface area contributed by atoms with E-state index in [1.807, 2.05) is 37.3 Å². The van der Waals surface area contributed by atoms with Crippen molar-refractivity contribution in [3.05, 3.63) is 64.1 Å². The Morgan fingerprint density at radius 2 is 1.90 bits per heavy atom. The first-order chi connectivity index (χ1) is 14.1. The molecule has 6 nitrogen and oxygen atoms in total. The van der Waals surface area contributed by atoms with Crippen molar-refractivity contribution in [2.45, 2.75) is 6.92 Å². The number of oxazole rings is 1. The number of phenols is 1. The lowest BCUT2D eigenvalue weighted by molar-refractivity contribution is 0.174. The summed E-state index contributed by atoms with van der Waals surface area (Å²) in [5, 5.41) is 10.5. The van der Waals surface area contributed by atoms with Crippen molar-refractivity contribution in [2.24, 2.45) is 4.99 Å². The van der Waals surface area contributed by atoms with Crippen molar-refractivity contribution < 1.29 is 19.0 Å². The summed E-state index contributed by atoms with van der Waals surface area (Å²) in [6.07, 6.45) is 1.70. The molecule has 0 radical (unpaired) electrons. The summed E-state index contributed by atoms with van der Waals surface area (Å²) in [6, 6.07) is 14.6. The molecule has 2 heterocycles. The maximum atomic E-state index is 10.5. The number of aromatic hydroxyl groups is 1. The predicted octanol–water partition coefficient (Wildman–Crippen LogP) is 5.75. The Morgan fingerprint density at radius 1 is 1.07 bits per heavy atom. The molecule has 4 aromatic rings. The number of nitrogens with zero attached hydrogens (tertiary/aromatic N) is 2. The average Bonchev–Trinajstić information content (AvgIpc) is 3.31. The van der Waals surface area contributed by atoms with Crippen LogP contribution in [-0.2, 0) is 0 Å². The second-order valence-electron chi connectivity index (χ2n) is 6.68. The normalized spacial score (nSPS) is 12.9. The van der Waals surface area contributed by atoms with Gasteiger partial charge in [-0.15, -0.1) is 0 Å². The Bertz CT molecular complexity index is 1280.